The van der Waals surface area contributed by atoms with Crippen molar-refractivity contribution in [3.8, 4) is 28.6 Å². The Balaban J connectivity index is 1.56. The fraction of sp³-hybridized carbons (Fsp3) is 0.200. The lowest BCUT2D eigenvalue weighted by Gasteiger charge is -2.17. The van der Waals surface area contributed by atoms with E-state index in [2.05, 4.69) is 15.6 Å². The smallest absolute Gasteiger partial charge is 0.214 e. The second-order valence-corrected chi connectivity index (χ2v) is 9.19. The molecule has 0 spiro atoms. The number of hydrogen-bond acceptors (Lipinski definition) is 6. The summed E-state index contributed by atoms with van der Waals surface area (Å²) in [6, 6.07) is 16.5. The van der Waals surface area contributed by atoms with Gasteiger partial charge in [0.05, 0.1) is 35.9 Å². The number of ether oxygens (including phenoxy) is 3. The molecule has 11 heteroatoms. The van der Waals surface area contributed by atoms with Crippen LogP contribution in [0.25, 0.3) is 11.4 Å². The molecule has 1 heterocycles. The number of nitrogens with zero attached hydrogens (tertiary/aromatic N) is 2. The van der Waals surface area contributed by atoms with E-state index in [0.29, 0.717) is 56.1 Å². The number of benzene rings is 3. The zero-order valence-corrected chi connectivity index (χ0v) is 22.6. The van der Waals surface area contributed by atoms with E-state index in [1.807, 2.05) is 43.3 Å². The van der Waals surface area contributed by atoms with Crippen LogP contribution in [-0.4, -0.2) is 28.6 Å². The minimum absolute atomic E-state index is 0.275. The van der Waals surface area contributed by atoms with E-state index in [-0.39, 0.29) is 6.61 Å². The van der Waals surface area contributed by atoms with Gasteiger partial charge in [-0.05, 0) is 60.6 Å². The molecule has 0 bridgehead atoms. The fourth-order valence-corrected chi connectivity index (χ4v) is 4.24. The molecule has 2 N–H and O–H groups in total. The molecular weight excluding hydrogens is 543 g/mol. The Morgan fingerprint density at radius 2 is 1.72 bits per heavy atom. The number of halogens is 3. The molecule has 188 valence electrons. The third kappa shape index (κ3) is 5.90. The van der Waals surface area contributed by atoms with E-state index in [9.17, 15) is 0 Å². The molecule has 1 aromatic heterocycles. The third-order valence-electron chi connectivity index (χ3n) is 5.24. The molecule has 0 fully saturated rings. The standard InChI is InChI=1S/C25H23Cl3N4O3S/c1-3-34-22-11-16(19(27)12-23(22)35-14-15-8-9-18(26)20(28)10-15)13-29-32-24(30-31-25(32)36)17-6-4-5-7-21(17)33-2/h4-12,29H,3,13-14H2,1-2H3,(H,31,36). The molecule has 0 unspecified atom stereocenters. The molecule has 0 saturated heterocycles. The molecule has 3 aromatic carbocycles. The molecule has 4 aromatic rings. The third-order valence-corrected chi connectivity index (χ3v) is 6.60. The lowest BCUT2D eigenvalue weighted by molar-refractivity contribution is 0.269. The molecule has 0 atom stereocenters. The van der Waals surface area contributed by atoms with Gasteiger partial charge in [-0.3, -0.25) is 0 Å². The summed E-state index contributed by atoms with van der Waals surface area (Å²) in [6.45, 7) is 2.99. The highest BCUT2D eigenvalue weighted by Crippen LogP contribution is 2.35. The first-order valence-electron chi connectivity index (χ1n) is 11.0. The van der Waals surface area contributed by atoms with Crippen LogP contribution in [0.1, 0.15) is 18.1 Å². The van der Waals surface area contributed by atoms with Crippen LogP contribution < -0.4 is 19.6 Å². The van der Waals surface area contributed by atoms with Crippen LogP contribution in [0.5, 0.6) is 17.2 Å². The van der Waals surface area contributed by atoms with E-state index < -0.39 is 0 Å². The molecule has 0 saturated carbocycles. The Bertz CT molecular complexity index is 1420. The van der Waals surface area contributed by atoms with Gasteiger partial charge < -0.3 is 19.6 Å². The van der Waals surface area contributed by atoms with Crippen molar-refractivity contribution < 1.29 is 14.2 Å². The van der Waals surface area contributed by atoms with Crippen LogP contribution in [0.15, 0.2) is 54.6 Å². The van der Waals surface area contributed by atoms with Crippen molar-refractivity contribution in [2.45, 2.75) is 20.1 Å². The van der Waals surface area contributed by atoms with Crippen molar-refractivity contribution in [1.29, 1.82) is 0 Å². The molecule has 0 radical (unpaired) electrons. The lowest BCUT2D eigenvalue weighted by atomic mass is 10.2. The first kappa shape index (κ1) is 26.2. The summed E-state index contributed by atoms with van der Waals surface area (Å²) in [5.41, 5.74) is 5.72. The van der Waals surface area contributed by atoms with Crippen LogP contribution in [-0.2, 0) is 13.2 Å². The molecule has 0 aliphatic carbocycles. The quantitative estimate of drug-likeness (QED) is 0.197. The SMILES string of the molecule is CCOc1cc(CNn2c(-c3ccccc3OC)n[nH]c2=S)c(Cl)cc1OCc1ccc(Cl)c(Cl)c1. The number of methoxy groups -OCH3 is 1. The summed E-state index contributed by atoms with van der Waals surface area (Å²) in [6.07, 6.45) is 0. The maximum Gasteiger partial charge on any atom is 0.214 e. The van der Waals surface area contributed by atoms with Crippen molar-refractivity contribution in [1.82, 2.24) is 14.9 Å². The summed E-state index contributed by atoms with van der Waals surface area (Å²) < 4.78 is 19.4. The molecule has 4 rings (SSSR count). The Labute approximate surface area is 228 Å². The average Bonchev–Trinajstić information content (AvgIpc) is 3.25. The molecule has 36 heavy (non-hydrogen) atoms. The average molecular weight is 566 g/mol. The first-order chi connectivity index (χ1) is 17.4. The van der Waals surface area contributed by atoms with Crippen molar-refractivity contribution in [3.05, 3.63) is 85.6 Å². The summed E-state index contributed by atoms with van der Waals surface area (Å²) in [5.74, 6) is 2.35. The van der Waals surface area contributed by atoms with Gasteiger partial charge in [0.25, 0.3) is 0 Å². The van der Waals surface area contributed by atoms with Crippen LogP contribution in [0.3, 0.4) is 0 Å². The zero-order valence-electron chi connectivity index (χ0n) is 19.5. The predicted molar refractivity (Wildman–Crippen MR) is 146 cm³/mol. The van der Waals surface area contributed by atoms with E-state index in [4.69, 9.17) is 61.2 Å². The topological polar surface area (TPSA) is 73.3 Å². The van der Waals surface area contributed by atoms with Crippen LogP contribution in [0, 0.1) is 4.77 Å². The first-order valence-corrected chi connectivity index (χ1v) is 12.5. The molecule has 0 aliphatic rings. The zero-order chi connectivity index (χ0) is 25.7. The number of para-hydroxylation sites is 1. The van der Waals surface area contributed by atoms with Crippen molar-refractivity contribution >= 4 is 47.0 Å². The maximum absolute atomic E-state index is 6.62. The molecule has 0 aliphatic heterocycles. The highest BCUT2D eigenvalue weighted by atomic mass is 35.5. The van der Waals surface area contributed by atoms with Gasteiger partial charge in [0, 0.05) is 11.1 Å². The van der Waals surface area contributed by atoms with E-state index in [1.54, 1.807) is 30.0 Å². The number of nitrogens with one attached hydrogen (secondary N) is 2. The fourth-order valence-electron chi connectivity index (χ4n) is 3.50. The van der Waals surface area contributed by atoms with Crippen molar-refractivity contribution in [2.24, 2.45) is 0 Å². The van der Waals surface area contributed by atoms with Crippen LogP contribution in [0.2, 0.25) is 15.1 Å². The number of rotatable bonds is 10. The van der Waals surface area contributed by atoms with Gasteiger partial charge in [0.1, 0.15) is 12.4 Å². The second-order valence-electron chi connectivity index (χ2n) is 7.58. The number of aromatic nitrogens is 3. The summed E-state index contributed by atoms with van der Waals surface area (Å²) in [7, 11) is 1.61. The van der Waals surface area contributed by atoms with E-state index in [1.165, 1.54) is 0 Å². The second kappa shape index (κ2) is 11.9. The minimum atomic E-state index is 0.275. The van der Waals surface area contributed by atoms with Gasteiger partial charge in [-0.25, -0.2) is 9.77 Å². The van der Waals surface area contributed by atoms with Crippen LogP contribution in [0.4, 0.5) is 0 Å². The van der Waals surface area contributed by atoms with E-state index in [0.717, 1.165) is 16.7 Å². The predicted octanol–water partition coefficient (Wildman–Crippen LogP) is 7.30. The molecule has 7 nitrogen and oxygen atoms in total. The summed E-state index contributed by atoms with van der Waals surface area (Å²) in [4.78, 5) is 0. The van der Waals surface area contributed by atoms with Gasteiger partial charge in [0.2, 0.25) is 4.77 Å². The van der Waals surface area contributed by atoms with Crippen molar-refractivity contribution in [3.63, 3.8) is 0 Å². The lowest BCUT2D eigenvalue weighted by Crippen LogP contribution is -2.16. The normalized spacial score (nSPS) is 10.8. The Kier molecular flexibility index (Phi) is 8.64. The van der Waals surface area contributed by atoms with Gasteiger partial charge in [-0.1, -0.05) is 53.0 Å². The highest BCUT2D eigenvalue weighted by Gasteiger charge is 2.16. The number of aromatic amines is 1. The Morgan fingerprint density at radius 3 is 2.47 bits per heavy atom. The monoisotopic (exact) mass is 564 g/mol. The maximum atomic E-state index is 6.62. The van der Waals surface area contributed by atoms with Gasteiger partial charge >= 0.3 is 0 Å². The van der Waals surface area contributed by atoms with Crippen molar-refractivity contribution in [2.75, 3.05) is 19.1 Å². The highest BCUT2D eigenvalue weighted by molar-refractivity contribution is 7.71. The molecular formula is C25H23Cl3N4O3S. The number of H-pyrrole nitrogens is 1. The summed E-state index contributed by atoms with van der Waals surface area (Å²) in [5, 5.41) is 8.64. The van der Waals surface area contributed by atoms with E-state index >= 15 is 0 Å². The van der Waals surface area contributed by atoms with Gasteiger partial charge in [0.15, 0.2) is 17.3 Å². The van der Waals surface area contributed by atoms with Crippen LogP contribution >= 0.6 is 47.0 Å². The molecule has 0 amide bonds. The summed E-state index contributed by atoms with van der Waals surface area (Å²) >= 11 is 24.2. The van der Waals surface area contributed by atoms with Gasteiger partial charge in [-0.15, -0.1) is 0 Å². The minimum Gasteiger partial charge on any atom is -0.496 e. The Morgan fingerprint density at radius 1 is 0.944 bits per heavy atom. The van der Waals surface area contributed by atoms with Gasteiger partial charge in [-0.2, -0.15) is 5.10 Å². The Hall–Kier alpha value is -2.91. The number of hydrogen-bond donors (Lipinski definition) is 2. The largest absolute Gasteiger partial charge is 0.496 e.